The van der Waals surface area contributed by atoms with E-state index in [1.54, 1.807) is 35.0 Å². The second-order valence-electron chi connectivity index (χ2n) is 7.30. The van der Waals surface area contributed by atoms with Crippen LogP contribution in [0.25, 0.3) is 11.0 Å². The molecule has 0 radical (unpaired) electrons. The van der Waals surface area contributed by atoms with Crippen LogP contribution in [0.15, 0.2) is 36.8 Å². The molecule has 0 aliphatic carbocycles. The third-order valence-corrected chi connectivity index (χ3v) is 6.22. The van der Waals surface area contributed by atoms with Crippen molar-refractivity contribution in [1.29, 1.82) is 0 Å². The highest BCUT2D eigenvalue weighted by Gasteiger charge is 2.55. The molecular formula is C19H20Cl2N4O4. The number of nitrogens with two attached hydrogens (primary N) is 1. The van der Waals surface area contributed by atoms with Gasteiger partial charge in [-0.15, -0.1) is 0 Å². The smallest absolute Gasteiger partial charge is 0.164 e. The van der Waals surface area contributed by atoms with Crippen LogP contribution in [0.4, 0.5) is 5.82 Å². The van der Waals surface area contributed by atoms with Crippen molar-refractivity contribution in [2.45, 2.75) is 36.9 Å². The number of halogens is 2. The van der Waals surface area contributed by atoms with Gasteiger partial charge in [-0.3, -0.25) is 0 Å². The second kappa shape index (κ2) is 7.39. The fraction of sp³-hybridized carbons (Fsp3) is 0.368. The summed E-state index contributed by atoms with van der Waals surface area (Å²) >= 11 is 12.1. The summed E-state index contributed by atoms with van der Waals surface area (Å²) in [6.07, 6.45) is -0.192. The van der Waals surface area contributed by atoms with Crippen LogP contribution in [0, 0.1) is 0 Å². The second-order valence-corrected chi connectivity index (χ2v) is 8.11. The molecule has 1 saturated heterocycles. The van der Waals surface area contributed by atoms with Gasteiger partial charge in [0, 0.05) is 12.1 Å². The number of nitrogen functional groups attached to an aromatic ring is 1. The Hall–Kier alpha value is -1.94. The quantitative estimate of drug-likeness (QED) is 0.491. The number of hydrogen-bond acceptors (Lipinski definition) is 7. The highest BCUT2D eigenvalue weighted by atomic mass is 35.5. The molecule has 1 fully saturated rings. The Balaban J connectivity index is 1.73. The number of hydrogen-bond donors (Lipinski definition) is 4. The van der Waals surface area contributed by atoms with E-state index in [-0.39, 0.29) is 6.61 Å². The molecule has 0 amide bonds. The Morgan fingerprint density at radius 3 is 2.72 bits per heavy atom. The molecular weight excluding hydrogens is 419 g/mol. The fourth-order valence-corrected chi connectivity index (χ4v) is 4.16. The maximum Gasteiger partial charge on any atom is 0.164 e. The van der Waals surface area contributed by atoms with Crippen molar-refractivity contribution < 1.29 is 20.1 Å². The number of ether oxygens (including phenoxy) is 1. The van der Waals surface area contributed by atoms with Gasteiger partial charge in [0.15, 0.2) is 6.23 Å². The minimum absolute atomic E-state index is 0.300. The van der Waals surface area contributed by atoms with Crippen LogP contribution >= 0.6 is 23.2 Å². The van der Waals surface area contributed by atoms with Crippen molar-refractivity contribution in [3.63, 3.8) is 0 Å². The number of aromatic nitrogens is 3. The highest BCUT2D eigenvalue weighted by Crippen LogP contribution is 2.44. The molecule has 5 N–H and O–H groups in total. The summed E-state index contributed by atoms with van der Waals surface area (Å²) in [6, 6.07) is 6.64. The number of aliphatic hydroxyl groups excluding tert-OH is 2. The number of benzene rings is 1. The topological polar surface area (TPSA) is 127 Å². The lowest BCUT2D eigenvalue weighted by Gasteiger charge is -2.31. The van der Waals surface area contributed by atoms with Gasteiger partial charge in [0.05, 0.1) is 22.0 Å². The van der Waals surface area contributed by atoms with Gasteiger partial charge in [-0.1, -0.05) is 29.3 Å². The van der Waals surface area contributed by atoms with Crippen LogP contribution in [0.2, 0.25) is 10.0 Å². The molecule has 1 aliphatic heterocycles. The van der Waals surface area contributed by atoms with Crippen molar-refractivity contribution in [3.8, 4) is 0 Å². The number of nitrogens with zero attached hydrogens (tertiary/aromatic N) is 3. The van der Waals surface area contributed by atoms with Crippen LogP contribution < -0.4 is 5.73 Å². The van der Waals surface area contributed by atoms with E-state index in [1.807, 2.05) is 0 Å². The average molecular weight is 439 g/mol. The predicted octanol–water partition coefficient (Wildman–Crippen LogP) is 2.11. The molecule has 3 aromatic rings. The Bertz CT molecular complexity index is 1060. The third kappa shape index (κ3) is 3.26. The number of aliphatic hydroxyl groups is 3. The summed E-state index contributed by atoms with van der Waals surface area (Å²) in [5.41, 5.74) is 5.31. The number of anilines is 1. The highest BCUT2D eigenvalue weighted by molar-refractivity contribution is 6.42. The first-order valence-electron chi connectivity index (χ1n) is 8.94. The van der Waals surface area contributed by atoms with Crippen LogP contribution in [0.5, 0.6) is 0 Å². The molecule has 154 valence electrons. The lowest BCUT2D eigenvalue weighted by molar-refractivity contribution is -0.0784. The molecule has 0 saturated carbocycles. The summed E-state index contributed by atoms with van der Waals surface area (Å²) < 4.78 is 7.68. The normalized spacial score (nSPS) is 28.1. The Labute approximate surface area is 176 Å². The molecule has 3 heterocycles. The van der Waals surface area contributed by atoms with Gasteiger partial charge in [-0.05, 0) is 30.7 Å². The van der Waals surface area contributed by atoms with E-state index in [0.29, 0.717) is 32.5 Å². The standard InChI is InChI=1S/C19H20Cl2N4O4/c1-19(28)14(27)18(25-5-4-10-16(22)23-8-24-17(10)25)29-15(19)11(7-26)9-2-3-12(20)13(21)6-9/h2-6,8,11,14-15,18,26-28H,7H2,1H3,(H2,22,23,24)/t11-,14+,15-,18-,19+/m1/s1. The van der Waals surface area contributed by atoms with Crippen LogP contribution in [0.3, 0.4) is 0 Å². The Kier molecular flexibility index (Phi) is 5.18. The first-order valence-corrected chi connectivity index (χ1v) is 9.70. The molecule has 0 spiro atoms. The van der Waals surface area contributed by atoms with Gasteiger partial charge in [0.1, 0.15) is 35.6 Å². The van der Waals surface area contributed by atoms with E-state index in [1.165, 1.54) is 13.3 Å². The molecule has 2 aromatic heterocycles. The van der Waals surface area contributed by atoms with E-state index >= 15 is 0 Å². The average Bonchev–Trinajstić information content (AvgIpc) is 3.20. The summed E-state index contributed by atoms with van der Waals surface area (Å²) in [6.45, 7) is 1.14. The minimum atomic E-state index is -1.67. The lowest BCUT2D eigenvalue weighted by Crippen LogP contribution is -2.47. The summed E-state index contributed by atoms with van der Waals surface area (Å²) in [7, 11) is 0. The maximum absolute atomic E-state index is 11.1. The zero-order chi connectivity index (χ0) is 20.9. The first kappa shape index (κ1) is 20.3. The van der Waals surface area contributed by atoms with Crippen LogP contribution in [-0.2, 0) is 4.74 Å². The van der Waals surface area contributed by atoms with Gasteiger partial charge < -0.3 is 30.4 Å². The molecule has 0 unspecified atom stereocenters. The first-order chi connectivity index (χ1) is 13.8. The van der Waals surface area contributed by atoms with E-state index in [9.17, 15) is 15.3 Å². The molecule has 1 aromatic carbocycles. The van der Waals surface area contributed by atoms with Gasteiger partial charge in [0.25, 0.3) is 0 Å². The van der Waals surface area contributed by atoms with Crippen LogP contribution in [-0.4, -0.2) is 54.3 Å². The lowest BCUT2D eigenvalue weighted by atomic mass is 9.83. The van der Waals surface area contributed by atoms with Crippen LogP contribution in [0.1, 0.15) is 24.6 Å². The van der Waals surface area contributed by atoms with E-state index in [0.717, 1.165) is 0 Å². The van der Waals surface area contributed by atoms with Crippen molar-refractivity contribution in [2.24, 2.45) is 0 Å². The van der Waals surface area contributed by atoms with Gasteiger partial charge in [0.2, 0.25) is 0 Å². The van der Waals surface area contributed by atoms with Gasteiger partial charge in [-0.2, -0.15) is 0 Å². The van der Waals surface area contributed by atoms with Crippen molar-refractivity contribution >= 4 is 40.1 Å². The molecule has 29 heavy (non-hydrogen) atoms. The molecule has 1 aliphatic rings. The minimum Gasteiger partial charge on any atom is -0.396 e. The maximum atomic E-state index is 11.1. The largest absolute Gasteiger partial charge is 0.396 e. The number of fused-ring (bicyclic) bond motifs is 1. The molecule has 4 rings (SSSR count). The zero-order valence-electron chi connectivity index (χ0n) is 15.4. The Morgan fingerprint density at radius 1 is 1.28 bits per heavy atom. The van der Waals surface area contributed by atoms with E-state index < -0.39 is 30.0 Å². The Morgan fingerprint density at radius 2 is 2.03 bits per heavy atom. The SMILES string of the molecule is C[C@@]1(O)[C@@H]([C@H](CO)c2ccc(Cl)c(Cl)c2)O[C@@H](n2ccc3c(N)ncnc32)[C@@H]1O. The van der Waals surface area contributed by atoms with Gasteiger partial charge in [-0.25, -0.2) is 9.97 Å². The molecule has 0 bridgehead atoms. The third-order valence-electron chi connectivity index (χ3n) is 5.48. The van der Waals surface area contributed by atoms with Crippen molar-refractivity contribution in [1.82, 2.24) is 14.5 Å². The summed E-state index contributed by atoms with van der Waals surface area (Å²) in [4.78, 5) is 8.17. The van der Waals surface area contributed by atoms with E-state index in [2.05, 4.69) is 9.97 Å². The predicted molar refractivity (Wildman–Crippen MR) is 109 cm³/mol. The van der Waals surface area contributed by atoms with Gasteiger partial charge >= 0.3 is 0 Å². The van der Waals surface area contributed by atoms with Crippen molar-refractivity contribution in [3.05, 3.63) is 52.4 Å². The monoisotopic (exact) mass is 438 g/mol. The number of rotatable bonds is 4. The zero-order valence-corrected chi connectivity index (χ0v) is 16.9. The summed E-state index contributed by atoms with van der Waals surface area (Å²) in [5, 5.41) is 33.3. The van der Waals surface area contributed by atoms with Crippen molar-refractivity contribution in [2.75, 3.05) is 12.3 Å². The molecule has 10 heteroatoms. The molecule has 8 nitrogen and oxygen atoms in total. The fourth-order valence-electron chi connectivity index (χ4n) is 3.85. The summed E-state index contributed by atoms with van der Waals surface area (Å²) in [5.74, 6) is -0.352. The molecule has 5 atom stereocenters. The van der Waals surface area contributed by atoms with E-state index in [4.69, 9.17) is 33.7 Å².